The van der Waals surface area contributed by atoms with E-state index in [-0.39, 0.29) is 0 Å². The molecular weight excluding hydrogens is 204 g/mol. The first-order chi connectivity index (χ1) is 7.59. The van der Waals surface area contributed by atoms with Crippen LogP contribution in [-0.2, 0) is 11.2 Å². The minimum absolute atomic E-state index is 0.399. The number of pyridine rings is 1. The molecule has 0 aromatic carbocycles. The van der Waals surface area contributed by atoms with E-state index in [1.807, 2.05) is 35.7 Å². The van der Waals surface area contributed by atoms with Gasteiger partial charge >= 0.3 is 5.97 Å². The van der Waals surface area contributed by atoms with Crippen LogP contribution in [0.3, 0.4) is 0 Å². The fourth-order valence-corrected chi connectivity index (χ4v) is 1.74. The molecule has 0 radical (unpaired) electrons. The topological polar surface area (TPSA) is 54.6 Å². The van der Waals surface area contributed by atoms with Gasteiger partial charge in [-0.2, -0.15) is 0 Å². The smallest absolute Gasteiger partial charge is 0.306 e. The van der Waals surface area contributed by atoms with E-state index in [1.165, 1.54) is 0 Å². The van der Waals surface area contributed by atoms with Gasteiger partial charge < -0.3 is 9.51 Å². The minimum Gasteiger partial charge on any atom is -0.481 e. The van der Waals surface area contributed by atoms with Crippen molar-refractivity contribution in [2.24, 2.45) is 5.92 Å². The summed E-state index contributed by atoms with van der Waals surface area (Å²) in [7, 11) is 0. The Bertz CT molecular complexity index is 531. The molecule has 0 bridgehead atoms. The lowest BCUT2D eigenvalue weighted by molar-refractivity contribution is -0.141. The highest BCUT2D eigenvalue weighted by atomic mass is 16.4. The quantitative estimate of drug-likeness (QED) is 0.856. The van der Waals surface area contributed by atoms with E-state index in [1.54, 1.807) is 6.92 Å². The predicted octanol–water partition coefficient (Wildman–Crippen LogP) is 1.91. The Morgan fingerprint density at radius 2 is 2.31 bits per heavy atom. The van der Waals surface area contributed by atoms with Gasteiger partial charge in [0, 0.05) is 18.3 Å². The second-order valence-electron chi connectivity index (χ2n) is 4.02. The van der Waals surface area contributed by atoms with Crippen LogP contribution in [0.15, 0.2) is 24.4 Å². The van der Waals surface area contributed by atoms with Gasteiger partial charge in [-0.15, -0.1) is 0 Å². The van der Waals surface area contributed by atoms with Gasteiger partial charge in [0.2, 0.25) is 0 Å². The number of aliphatic carboxylic acids is 1. The van der Waals surface area contributed by atoms with Crippen LogP contribution in [0.1, 0.15) is 18.3 Å². The van der Waals surface area contributed by atoms with Crippen molar-refractivity contribution in [3.05, 3.63) is 35.8 Å². The lowest BCUT2D eigenvalue weighted by atomic mass is 10.1. The maximum absolute atomic E-state index is 10.8. The molecule has 2 aromatic rings. The molecule has 0 aliphatic rings. The molecule has 2 rings (SSSR count). The number of fused-ring (bicyclic) bond motifs is 1. The third kappa shape index (κ3) is 1.78. The maximum atomic E-state index is 10.8. The van der Waals surface area contributed by atoms with Gasteiger partial charge in [-0.25, -0.2) is 4.98 Å². The first-order valence-corrected chi connectivity index (χ1v) is 5.25. The molecule has 4 heteroatoms. The summed E-state index contributed by atoms with van der Waals surface area (Å²) in [6, 6.07) is 5.78. The van der Waals surface area contributed by atoms with Crippen molar-refractivity contribution in [2.75, 3.05) is 0 Å². The van der Waals surface area contributed by atoms with Crippen molar-refractivity contribution in [3.8, 4) is 0 Å². The first-order valence-electron chi connectivity index (χ1n) is 5.25. The van der Waals surface area contributed by atoms with Crippen LogP contribution in [0, 0.1) is 12.8 Å². The summed E-state index contributed by atoms with van der Waals surface area (Å²) in [6.45, 7) is 3.66. The molecule has 16 heavy (non-hydrogen) atoms. The number of hydrogen-bond acceptors (Lipinski definition) is 2. The Morgan fingerprint density at radius 1 is 1.56 bits per heavy atom. The third-order valence-corrected chi connectivity index (χ3v) is 2.79. The van der Waals surface area contributed by atoms with Crippen LogP contribution in [-0.4, -0.2) is 20.5 Å². The standard InChI is InChI=1S/C12H14N2O2/c1-8(12(15)16)7-10-9(2)14-6-4-3-5-11(14)13-10/h3-6,8H,7H2,1-2H3,(H,15,16). The van der Waals surface area contributed by atoms with Crippen molar-refractivity contribution in [1.82, 2.24) is 9.38 Å². The lowest BCUT2D eigenvalue weighted by Crippen LogP contribution is -2.13. The zero-order valence-electron chi connectivity index (χ0n) is 9.34. The maximum Gasteiger partial charge on any atom is 0.306 e. The van der Waals surface area contributed by atoms with Crippen LogP contribution in [0.2, 0.25) is 0 Å². The highest BCUT2D eigenvalue weighted by Gasteiger charge is 2.16. The molecule has 1 unspecified atom stereocenters. The van der Waals surface area contributed by atoms with E-state index >= 15 is 0 Å². The van der Waals surface area contributed by atoms with Gasteiger partial charge in [-0.1, -0.05) is 13.0 Å². The number of hydrogen-bond donors (Lipinski definition) is 1. The molecule has 0 aliphatic heterocycles. The van der Waals surface area contributed by atoms with E-state index in [9.17, 15) is 4.79 Å². The molecule has 0 fully saturated rings. The van der Waals surface area contributed by atoms with Gasteiger partial charge in [0.25, 0.3) is 0 Å². The fraction of sp³-hybridized carbons (Fsp3) is 0.333. The molecule has 1 atom stereocenters. The number of aromatic nitrogens is 2. The molecular formula is C12H14N2O2. The molecule has 84 valence electrons. The number of carboxylic acids is 1. The van der Waals surface area contributed by atoms with Crippen molar-refractivity contribution in [3.63, 3.8) is 0 Å². The third-order valence-electron chi connectivity index (χ3n) is 2.79. The van der Waals surface area contributed by atoms with Crippen LogP contribution < -0.4 is 0 Å². The summed E-state index contributed by atoms with van der Waals surface area (Å²) in [6.07, 6.45) is 2.41. The molecule has 1 N–H and O–H groups in total. The van der Waals surface area contributed by atoms with Crippen molar-refractivity contribution >= 4 is 11.6 Å². The van der Waals surface area contributed by atoms with Crippen molar-refractivity contribution < 1.29 is 9.90 Å². The van der Waals surface area contributed by atoms with E-state index in [0.29, 0.717) is 6.42 Å². The number of nitrogens with zero attached hydrogens (tertiary/aromatic N) is 2. The average molecular weight is 218 g/mol. The van der Waals surface area contributed by atoms with Gasteiger partial charge in [-0.05, 0) is 19.1 Å². The van der Waals surface area contributed by atoms with Crippen molar-refractivity contribution in [2.45, 2.75) is 20.3 Å². The van der Waals surface area contributed by atoms with Gasteiger partial charge in [0.15, 0.2) is 0 Å². The molecule has 0 saturated heterocycles. The summed E-state index contributed by atoms with van der Waals surface area (Å²) in [5.74, 6) is -1.18. The first kappa shape index (κ1) is 10.7. The lowest BCUT2D eigenvalue weighted by Gasteiger charge is -2.03. The number of imidazole rings is 1. The average Bonchev–Trinajstić information content (AvgIpc) is 2.56. The summed E-state index contributed by atoms with van der Waals surface area (Å²) in [5, 5.41) is 8.87. The van der Waals surface area contributed by atoms with Crippen molar-refractivity contribution in [1.29, 1.82) is 0 Å². The van der Waals surface area contributed by atoms with E-state index in [2.05, 4.69) is 4.98 Å². The predicted molar refractivity (Wildman–Crippen MR) is 60.4 cm³/mol. The second-order valence-corrected chi connectivity index (χ2v) is 4.02. The van der Waals surface area contributed by atoms with E-state index in [0.717, 1.165) is 17.0 Å². The van der Waals surface area contributed by atoms with E-state index in [4.69, 9.17) is 5.11 Å². The zero-order valence-corrected chi connectivity index (χ0v) is 9.34. The molecule has 4 nitrogen and oxygen atoms in total. The molecule has 0 amide bonds. The van der Waals surface area contributed by atoms with Gasteiger partial charge in [0.1, 0.15) is 5.65 Å². The fourth-order valence-electron chi connectivity index (χ4n) is 1.74. The summed E-state index contributed by atoms with van der Waals surface area (Å²) < 4.78 is 1.98. The molecule has 0 spiro atoms. The molecule has 0 saturated carbocycles. The van der Waals surface area contributed by atoms with Crippen LogP contribution >= 0.6 is 0 Å². The Labute approximate surface area is 93.5 Å². The summed E-state index contributed by atoms with van der Waals surface area (Å²) in [5.41, 5.74) is 2.75. The van der Waals surface area contributed by atoms with Crippen LogP contribution in [0.4, 0.5) is 0 Å². The summed E-state index contributed by atoms with van der Waals surface area (Å²) in [4.78, 5) is 15.2. The number of rotatable bonds is 3. The highest BCUT2D eigenvalue weighted by Crippen LogP contribution is 2.15. The molecule has 2 aromatic heterocycles. The minimum atomic E-state index is -0.781. The zero-order chi connectivity index (χ0) is 11.7. The molecule has 2 heterocycles. The Morgan fingerprint density at radius 3 is 2.94 bits per heavy atom. The SMILES string of the molecule is Cc1c(CC(C)C(=O)O)nc2ccccn12. The van der Waals surface area contributed by atoms with Crippen LogP contribution in [0.5, 0.6) is 0 Å². The normalized spacial score (nSPS) is 12.9. The van der Waals surface area contributed by atoms with Gasteiger partial charge in [0.05, 0.1) is 11.6 Å². The monoisotopic (exact) mass is 218 g/mol. The number of carbonyl (C=O) groups is 1. The van der Waals surface area contributed by atoms with E-state index < -0.39 is 11.9 Å². The largest absolute Gasteiger partial charge is 0.481 e. The van der Waals surface area contributed by atoms with Gasteiger partial charge in [-0.3, -0.25) is 4.79 Å². The highest BCUT2D eigenvalue weighted by molar-refractivity contribution is 5.69. The Balaban J connectivity index is 2.38. The van der Waals surface area contributed by atoms with Crippen LogP contribution in [0.25, 0.3) is 5.65 Å². The summed E-state index contributed by atoms with van der Waals surface area (Å²) >= 11 is 0. The Kier molecular flexibility index (Phi) is 2.64. The number of aryl methyl sites for hydroxylation is 1. The number of carboxylic acid groups (broad SMARTS) is 1. The molecule has 0 aliphatic carbocycles. The second kappa shape index (κ2) is 3.96. The Hall–Kier alpha value is -1.84.